The van der Waals surface area contributed by atoms with Gasteiger partial charge in [-0.3, -0.25) is 0 Å². The molecular formula is C8H6BrClN2. The van der Waals surface area contributed by atoms with Gasteiger partial charge in [-0.05, 0) is 18.2 Å². The molecule has 12 heavy (non-hydrogen) atoms. The Morgan fingerprint density at radius 3 is 2.83 bits per heavy atom. The van der Waals surface area contributed by atoms with E-state index in [1.54, 1.807) is 18.2 Å². The Kier molecular flexibility index (Phi) is 3.10. The second-order valence-electron chi connectivity index (χ2n) is 2.27. The minimum Gasteiger partial charge on any atom is -0.312 e. The van der Waals surface area contributed by atoms with Crippen LogP contribution in [0.15, 0.2) is 22.7 Å². The first-order chi connectivity index (χ1) is 5.65. The van der Waals surface area contributed by atoms with Crippen LogP contribution in [0, 0.1) is 11.3 Å². The summed E-state index contributed by atoms with van der Waals surface area (Å²) in [5.41, 5.74) is 6.14. The van der Waals surface area contributed by atoms with Crippen LogP contribution in [0.2, 0.25) is 5.02 Å². The zero-order valence-corrected chi connectivity index (χ0v) is 8.43. The lowest BCUT2D eigenvalue weighted by molar-refractivity contribution is 0.925. The maximum atomic E-state index is 8.55. The molecule has 1 aromatic rings. The Bertz CT molecular complexity index is 332. The summed E-state index contributed by atoms with van der Waals surface area (Å²) in [5.74, 6) is 0. The van der Waals surface area contributed by atoms with Gasteiger partial charge in [-0.2, -0.15) is 5.26 Å². The number of nitrogens with zero attached hydrogens (tertiary/aromatic N) is 1. The van der Waals surface area contributed by atoms with Gasteiger partial charge in [0.05, 0.1) is 6.07 Å². The highest BCUT2D eigenvalue weighted by molar-refractivity contribution is 9.10. The van der Waals surface area contributed by atoms with Crippen molar-refractivity contribution in [1.29, 1.82) is 5.26 Å². The van der Waals surface area contributed by atoms with Crippen LogP contribution < -0.4 is 5.73 Å². The summed E-state index contributed by atoms with van der Waals surface area (Å²) in [4.78, 5) is 0. The SMILES string of the molecule is N#CC(N)c1cc(Br)ccc1Cl. The van der Waals surface area contributed by atoms with Gasteiger partial charge >= 0.3 is 0 Å². The molecule has 0 spiro atoms. The molecule has 0 bridgehead atoms. The molecule has 1 unspecified atom stereocenters. The average Bonchev–Trinajstić information content (AvgIpc) is 2.08. The van der Waals surface area contributed by atoms with Gasteiger partial charge in [-0.15, -0.1) is 0 Å². The van der Waals surface area contributed by atoms with Crippen molar-refractivity contribution >= 4 is 27.5 Å². The molecule has 0 heterocycles. The lowest BCUT2D eigenvalue weighted by Gasteiger charge is -2.05. The fourth-order valence-corrected chi connectivity index (χ4v) is 1.44. The van der Waals surface area contributed by atoms with Crippen molar-refractivity contribution in [3.63, 3.8) is 0 Å². The quantitative estimate of drug-likeness (QED) is 0.827. The number of hydrogen-bond donors (Lipinski definition) is 1. The van der Waals surface area contributed by atoms with E-state index in [4.69, 9.17) is 22.6 Å². The van der Waals surface area contributed by atoms with Crippen LogP contribution in [-0.2, 0) is 0 Å². The van der Waals surface area contributed by atoms with Crippen molar-refractivity contribution < 1.29 is 0 Å². The molecule has 0 radical (unpaired) electrons. The predicted molar refractivity (Wildman–Crippen MR) is 51.7 cm³/mol. The van der Waals surface area contributed by atoms with Gasteiger partial charge in [-0.1, -0.05) is 27.5 Å². The van der Waals surface area contributed by atoms with E-state index in [0.717, 1.165) is 4.47 Å². The third kappa shape index (κ3) is 1.98. The first-order valence-corrected chi connectivity index (χ1v) is 4.42. The molecule has 2 N–H and O–H groups in total. The minimum atomic E-state index is -0.657. The highest BCUT2D eigenvalue weighted by Crippen LogP contribution is 2.24. The maximum Gasteiger partial charge on any atom is 0.120 e. The van der Waals surface area contributed by atoms with Crippen LogP contribution in [0.1, 0.15) is 11.6 Å². The van der Waals surface area contributed by atoms with E-state index in [0.29, 0.717) is 10.6 Å². The predicted octanol–water partition coefficient (Wildman–Crippen LogP) is 2.63. The summed E-state index contributed by atoms with van der Waals surface area (Å²) >= 11 is 9.09. The molecule has 1 rings (SSSR count). The molecule has 4 heteroatoms. The largest absolute Gasteiger partial charge is 0.312 e. The molecule has 2 nitrogen and oxygen atoms in total. The Labute approximate surface area is 84.1 Å². The molecule has 0 saturated heterocycles. The maximum absolute atomic E-state index is 8.55. The summed E-state index contributed by atoms with van der Waals surface area (Å²) in [6, 6.07) is 6.52. The molecule has 0 aliphatic carbocycles. The van der Waals surface area contributed by atoms with Crippen LogP contribution in [0.5, 0.6) is 0 Å². The van der Waals surface area contributed by atoms with E-state index in [9.17, 15) is 0 Å². The fraction of sp³-hybridized carbons (Fsp3) is 0.125. The third-order valence-electron chi connectivity index (χ3n) is 1.43. The highest BCUT2D eigenvalue weighted by atomic mass is 79.9. The van der Waals surface area contributed by atoms with Crippen LogP contribution >= 0.6 is 27.5 Å². The lowest BCUT2D eigenvalue weighted by atomic mass is 10.1. The molecule has 0 aromatic heterocycles. The molecule has 0 aliphatic rings. The molecule has 0 aliphatic heterocycles. The van der Waals surface area contributed by atoms with Crippen molar-refractivity contribution in [2.45, 2.75) is 6.04 Å². The number of hydrogen-bond acceptors (Lipinski definition) is 2. The van der Waals surface area contributed by atoms with Crippen LogP contribution in [-0.4, -0.2) is 0 Å². The van der Waals surface area contributed by atoms with E-state index in [1.807, 2.05) is 6.07 Å². The second-order valence-corrected chi connectivity index (χ2v) is 3.60. The van der Waals surface area contributed by atoms with Gasteiger partial charge in [0.2, 0.25) is 0 Å². The monoisotopic (exact) mass is 244 g/mol. The molecule has 62 valence electrons. The van der Waals surface area contributed by atoms with Crippen molar-refractivity contribution in [1.82, 2.24) is 0 Å². The van der Waals surface area contributed by atoms with Gasteiger partial charge in [0.25, 0.3) is 0 Å². The van der Waals surface area contributed by atoms with Crippen molar-refractivity contribution in [2.24, 2.45) is 5.73 Å². The Hall–Kier alpha value is -0.560. The van der Waals surface area contributed by atoms with Crippen molar-refractivity contribution in [3.05, 3.63) is 33.3 Å². The summed E-state index contributed by atoms with van der Waals surface area (Å²) < 4.78 is 0.868. The van der Waals surface area contributed by atoms with Crippen LogP contribution in [0.4, 0.5) is 0 Å². The number of rotatable bonds is 1. The molecule has 0 fully saturated rings. The Morgan fingerprint density at radius 1 is 1.58 bits per heavy atom. The molecule has 0 saturated carbocycles. The third-order valence-corrected chi connectivity index (χ3v) is 2.27. The van der Waals surface area contributed by atoms with E-state index >= 15 is 0 Å². The highest BCUT2D eigenvalue weighted by Gasteiger charge is 2.08. The van der Waals surface area contributed by atoms with E-state index in [-0.39, 0.29) is 0 Å². The summed E-state index contributed by atoms with van der Waals surface area (Å²) in [6.45, 7) is 0. The molecular weight excluding hydrogens is 239 g/mol. The molecule has 0 amide bonds. The van der Waals surface area contributed by atoms with Crippen LogP contribution in [0.3, 0.4) is 0 Å². The second kappa shape index (κ2) is 3.90. The minimum absolute atomic E-state index is 0.521. The van der Waals surface area contributed by atoms with Gasteiger partial charge < -0.3 is 5.73 Å². The number of nitriles is 1. The smallest absolute Gasteiger partial charge is 0.120 e. The van der Waals surface area contributed by atoms with Crippen molar-refractivity contribution in [2.75, 3.05) is 0 Å². The lowest BCUT2D eigenvalue weighted by Crippen LogP contribution is -2.07. The number of halogens is 2. The zero-order chi connectivity index (χ0) is 9.14. The number of nitrogens with two attached hydrogens (primary N) is 1. The van der Waals surface area contributed by atoms with E-state index in [2.05, 4.69) is 15.9 Å². The fourth-order valence-electron chi connectivity index (χ4n) is 0.822. The van der Waals surface area contributed by atoms with Crippen molar-refractivity contribution in [3.8, 4) is 6.07 Å². The molecule has 1 atom stereocenters. The van der Waals surface area contributed by atoms with Gasteiger partial charge in [0.15, 0.2) is 0 Å². The Balaban J connectivity index is 3.15. The van der Waals surface area contributed by atoms with Crippen LogP contribution in [0.25, 0.3) is 0 Å². The average molecular weight is 246 g/mol. The topological polar surface area (TPSA) is 49.8 Å². The van der Waals surface area contributed by atoms with Gasteiger partial charge in [0, 0.05) is 15.1 Å². The summed E-state index contributed by atoms with van der Waals surface area (Å²) in [6.07, 6.45) is 0. The number of benzene rings is 1. The standard InChI is InChI=1S/C8H6BrClN2/c9-5-1-2-7(10)6(3-5)8(12)4-11/h1-3,8H,12H2. The molecule has 1 aromatic carbocycles. The first kappa shape index (κ1) is 9.53. The normalized spacial score (nSPS) is 12.2. The Morgan fingerprint density at radius 2 is 2.25 bits per heavy atom. The van der Waals surface area contributed by atoms with E-state index in [1.165, 1.54) is 0 Å². The van der Waals surface area contributed by atoms with Gasteiger partial charge in [-0.25, -0.2) is 0 Å². The zero-order valence-electron chi connectivity index (χ0n) is 6.09. The van der Waals surface area contributed by atoms with Gasteiger partial charge in [0.1, 0.15) is 6.04 Å². The first-order valence-electron chi connectivity index (χ1n) is 3.25. The summed E-state index contributed by atoms with van der Waals surface area (Å²) in [7, 11) is 0. The summed E-state index contributed by atoms with van der Waals surface area (Å²) in [5, 5.41) is 9.08. The van der Waals surface area contributed by atoms with E-state index < -0.39 is 6.04 Å².